The van der Waals surface area contributed by atoms with E-state index in [-0.39, 0.29) is 45.7 Å². The maximum atomic E-state index is 13.7. The summed E-state index contributed by atoms with van der Waals surface area (Å²) in [5.74, 6) is -6.67. The van der Waals surface area contributed by atoms with Gasteiger partial charge in [-0.1, -0.05) is 11.6 Å². The number of nitrogen functional groups attached to an aromatic ring is 1. The third-order valence-corrected chi connectivity index (χ3v) is 8.63. The molecule has 0 aliphatic carbocycles. The quantitative estimate of drug-likeness (QED) is 0.208. The van der Waals surface area contributed by atoms with E-state index in [1.54, 1.807) is 26.2 Å². The van der Waals surface area contributed by atoms with Crippen LogP contribution in [0.2, 0.25) is 5.02 Å². The number of halogens is 6. The number of aliphatic carboxylic acids is 1. The topological polar surface area (TPSA) is 149 Å². The van der Waals surface area contributed by atoms with Gasteiger partial charge in [-0.15, -0.1) is 11.3 Å². The minimum absolute atomic E-state index is 0.0202. The second-order valence-electron chi connectivity index (χ2n) is 10.9. The van der Waals surface area contributed by atoms with Crippen LogP contribution in [0.3, 0.4) is 0 Å². The van der Waals surface area contributed by atoms with Crippen LogP contribution in [0.5, 0.6) is 0 Å². The number of thiazole rings is 1. The lowest BCUT2D eigenvalue weighted by Gasteiger charge is -2.20. The maximum Gasteiger partial charge on any atom is 0.453 e. The molecule has 3 aromatic heterocycles. The molecule has 1 unspecified atom stereocenters. The molecule has 4 N–H and O–H groups in total. The Morgan fingerprint density at radius 3 is 2.53 bits per heavy atom. The van der Waals surface area contributed by atoms with Crippen molar-refractivity contribution in [3.8, 4) is 11.5 Å². The average Bonchev–Trinajstić information content (AvgIpc) is 3.57. The van der Waals surface area contributed by atoms with Crippen LogP contribution in [-0.2, 0) is 28.0 Å². The van der Waals surface area contributed by atoms with Crippen LogP contribution in [-0.4, -0.2) is 53.8 Å². The summed E-state index contributed by atoms with van der Waals surface area (Å²) in [5, 5.41) is 18.8. The van der Waals surface area contributed by atoms with Gasteiger partial charge in [0.25, 0.3) is 0 Å². The number of anilines is 2. The largest absolute Gasteiger partial charge is 0.481 e. The Bertz CT molecular complexity index is 1790. The third-order valence-electron chi connectivity index (χ3n) is 7.28. The van der Waals surface area contributed by atoms with Crippen molar-refractivity contribution in [2.75, 3.05) is 11.1 Å². The molecule has 1 amide bonds. The monoisotopic (exact) mass is 643 g/mol. The number of carbonyl (C=O) groups is 2. The fourth-order valence-electron chi connectivity index (χ4n) is 4.73. The minimum atomic E-state index is -5.73. The second kappa shape index (κ2) is 10.1. The van der Waals surface area contributed by atoms with Gasteiger partial charge in [0.05, 0.1) is 22.2 Å². The molecule has 0 radical (unpaired) electrons. The predicted molar refractivity (Wildman–Crippen MR) is 148 cm³/mol. The lowest BCUT2D eigenvalue weighted by atomic mass is 9.85. The molecule has 0 spiro atoms. The van der Waals surface area contributed by atoms with Crippen LogP contribution in [0, 0.1) is 5.41 Å². The van der Waals surface area contributed by atoms with Crippen LogP contribution >= 0.6 is 22.9 Å². The Balaban J connectivity index is 1.55. The van der Waals surface area contributed by atoms with Crippen molar-refractivity contribution in [1.82, 2.24) is 24.7 Å². The molecule has 43 heavy (non-hydrogen) atoms. The van der Waals surface area contributed by atoms with Crippen LogP contribution in [0.15, 0.2) is 23.6 Å². The maximum absolute atomic E-state index is 13.7. The number of carbonyl (C=O) groups excluding carboxylic acids is 1. The molecule has 1 aromatic carbocycles. The first-order chi connectivity index (χ1) is 19.8. The summed E-state index contributed by atoms with van der Waals surface area (Å²) in [6, 6.07) is 4.33. The molecule has 0 saturated carbocycles. The van der Waals surface area contributed by atoms with Crippen molar-refractivity contribution in [3.63, 3.8) is 0 Å². The molecular weight excluding hydrogens is 621 g/mol. The van der Waals surface area contributed by atoms with Crippen LogP contribution in [0.4, 0.5) is 33.6 Å². The van der Waals surface area contributed by atoms with Gasteiger partial charge >= 0.3 is 18.1 Å². The van der Waals surface area contributed by atoms with E-state index in [1.807, 2.05) is 0 Å². The number of hydrogen-bond acceptors (Lipinski definition) is 8. The molecule has 0 fully saturated rings. The summed E-state index contributed by atoms with van der Waals surface area (Å²) >= 11 is 7.21. The number of carboxylic acids is 1. The van der Waals surface area contributed by atoms with Crippen molar-refractivity contribution in [1.29, 1.82) is 0 Å². The summed E-state index contributed by atoms with van der Waals surface area (Å²) in [6.45, 7) is 3.89. The molecule has 4 aromatic rings. The zero-order valence-corrected chi connectivity index (χ0v) is 24.3. The number of hydrogen-bond donors (Lipinski definition) is 3. The van der Waals surface area contributed by atoms with Gasteiger partial charge in [0.1, 0.15) is 27.8 Å². The van der Waals surface area contributed by atoms with E-state index in [9.17, 15) is 36.6 Å². The second-order valence-corrected chi connectivity index (χ2v) is 12.2. The number of amides is 1. The average molecular weight is 644 g/mol. The van der Waals surface area contributed by atoms with Gasteiger partial charge in [-0.3, -0.25) is 14.3 Å². The Morgan fingerprint density at radius 2 is 1.88 bits per heavy atom. The standard InChI is InChI=1S/C26H23ClF5N7O3S/c1-23(2,22(41)42)9-12-10-43-21(34-12)24(3)15-17(33)35-19(36-18(15)37-20(24)40)16-13-5-4-11(27)8-14(13)39(38-16)7-6-25(28,29)26(30,31)32/h4-5,8,10H,6-7,9H2,1-3H3,(H,41,42)(H3,33,35,36,37,40). The number of aromatic nitrogens is 5. The van der Waals surface area contributed by atoms with Crippen molar-refractivity contribution >= 4 is 57.4 Å². The smallest absolute Gasteiger partial charge is 0.453 e. The van der Waals surface area contributed by atoms with Gasteiger partial charge in [-0.25, -0.2) is 15.0 Å². The predicted octanol–water partition coefficient (Wildman–Crippen LogP) is 5.68. The van der Waals surface area contributed by atoms with E-state index in [4.69, 9.17) is 17.3 Å². The number of carboxylic acid groups (broad SMARTS) is 1. The highest BCUT2D eigenvalue weighted by atomic mass is 35.5. The van der Waals surface area contributed by atoms with Crippen LogP contribution in [0.25, 0.3) is 22.4 Å². The van der Waals surface area contributed by atoms with E-state index in [0.29, 0.717) is 16.1 Å². The zero-order valence-electron chi connectivity index (χ0n) is 22.7. The van der Waals surface area contributed by atoms with Crippen molar-refractivity contribution < 1.29 is 36.6 Å². The molecule has 1 aliphatic rings. The first-order valence-corrected chi connectivity index (χ1v) is 13.9. The van der Waals surface area contributed by atoms with Crippen molar-refractivity contribution in [3.05, 3.63) is 44.9 Å². The van der Waals surface area contributed by atoms with Crippen molar-refractivity contribution in [2.24, 2.45) is 5.41 Å². The molecular formula is C26H23ClF5N7O3S. The number of alkyl halides is 5. The molecule has 228 valence electrons. The molecule has 0 bridgehead atoms. The van der Waals surface area contributed by atoms with Gasteiger partial charge < -0.3 is 16.2 Å². The Labute approximate surface area is 249 Å². The first kappa shape index (κ1) is 30.5. The van der Waals surface area contributed by atoms with E-state index < -0.39 is 47.8 Å². The van der Waals surface area contributed by atoms with Crippen LogP contribution < -0.4 is 11.1 Å². The fraction of sp³-hybridized carbons (Fsp3) is 0.385. The van der Waals surface area contributed by atoms with Gasteiger partial charge in [0.15, 0.2) is 5.82 Å². The molecule has 10 nitrogen and oxygen atoms in total. The van der Waals surface area contributed by atoms with Gasteiger partial charge in [-0.2, -0.15) is 27.1 Å². The fourth-order valence-corrected chi connectivity index (χ4v) is 5.88. The Kier molecular flexibility index (Phi) is 7.16. The lowest BCUT2D eigenvalue weighted by Crippen LogP contribution is -2.37. The summed E-state index contributed by atoms with van der Waals surface area (Å²) in [6.07, 6.45) is -7.19. The number of benzene rings is 1. The van der Waals surface area contributed by atoms with E-state index in [2.05, 4.69) is 25.4 Å². The number of nitrogens with two attached hydrogens (primary N) is 1. The van der Waals surface area contributed by atoms with E-state index in [1.165, 1.54) is 18.2 Å². The summed E-state index contributed by atoms with van der Waals surface area (Å²) in [5.41, 5.74) is 4.70. The first-order valence-electron chi connectivity index (χ1n) is 12.6. The molecule has 0 saturated heterocycles. The van der Waals surface area contributed by atoms with E-state index >= 15 is 0 Å². The normalized spacial score (nSPS) is 17.4. The Morgan fingerprint density at radius 1 is 1.19 bits per heavy atom. The van der Waals surface area contributed by atoms with Crippen molar-refractivity contribution in [2.45, 2.75) is 57.7 Å². The molecule has 4 heterocycles. The third kappa shape index (κ3) is 5.15. The van der Waals surface area contributed by atoms with Gasteiger partial charge in [0.2, 0.25) is 5.91 Å². The molecule has 1 aliphatic heterocycles. The van der Waals surface area contributed by atoms with Gasteiger partial charge in [-0.05, 0) is 39.0 Å². The number of rotatable bonds is 8. The Hall–Kier alpha value is -3.92. The molecule has 17 heteroatoms. The van der Waals surface area contributed by atoms with Crippen LogP contribution in [0.1, 0.15) is 43.5 Å². The highest BCUT2D eigenvalue weighted by Gasteiger charge is 2.57. The number of nitrogens with zero attached hydrogens (tertiary/aromatic N) is 5. The SMILES string of the molecule is CC(C)(Cc1csc(C2(C)C(=O)Nc3nc(-c4nn(CCC(F)(F)C(F)(F)F)c5cc(Cl)ccc45)nc(N)c32)n1)C(=O)O. The lowest BCUT2D eigenvalue weighted by molar-refractivity contribution is -0.285. The minimum Gasteiger partial charge on any atom is -0.481 e. The summed E-state index contributed by atoms with van der Waals surface area (Å²) in [7, 11) is 0. The van der Waals surface area contributed by atoms with Gasteiger partial charge in [0, 0.05) is 35.2 Å². The molecule has 5 rings (SSSR count). The van der Waals surface area contributed by atoms with E-state index in [0.717, 1.165) is 16.0 Å². The number of aryl methyl sites for hydroxylation is 1. The summed E-state index contributed by atoms with van der Waals surface area (Å²) in [4.78, 5) is 38.2. The summed E-state index contributed by atoms with van der Waals surface area (Å²) < 4.78 is 66.7. The number of nitrogens with one attached hydrogen (secondary N) is 1. The highest BCUT2D eigenvalue weighted by Crippen LogP contribution is 2.46. The highest BCUT2D eigenvalue weighted by molar-refractivity contribution is 7.10. The number of fused-ring (bicyclic) bond motifs is 2. The zero-order chi connectivity index (χ0) is 31.7. The molecule has 1 atom stereocenters.